The molecule has 0 amide bonds. The van der Waals surface area contributed by atoms with Crippen molar-refractivity contribution >= 4 is 22.9 Å². The topological polar surface area (TPSA) is 92.4 Å². The second-order valence-electron chi connectivity index (χ2n) is 6.59. The number of piperidine rings is 1. The molecule has 3 heterocycles. The monoisotopic (exact) mass is 349 g/mol. The number of hydrogen-bond donors (Lipinski definition) is 1. The van der Waals surface area contributed by atoms with E-state index in [-0.39, 0.29) is 0 Å². The van der Waals surface area contributed by atoms with Gasteiger partial charge in [-0.1, -0.05) is 6.42 Å². The summed E-state index contributed by atoms with van der Waals surface area (Å²) in [6, 6.07) is 0.521. The van der Waals surface area contributed by atoms with Crippen LogP contribution < -0.4 is 10.2 Å². The third kappa shape index (κ3) is 4.35. The van der Waals surface area contributed by atoms with Gasteiger partial charge in [0, 0.05) is 39.9 Å². The van der Waals surface area contributed by atoms with E-state index in [1.165, 1.54) is 19.3 Å². The highest BCUT2D eigenvalue weighted by Gasteiger charge is 2.23. The Morgan fingerprint density at radius 3 is 2.84 bits per heavy atom. The van der Waals surface area contributed by atoms with Gasteiger partial charge in [-0.15, -0.1) is 0 Å². The number of hydrogen-bond acceptors (Lipinski definition) is 9. The smallest absolute Gasteiger partial charge is 0.245 e. The van der Waals surface area contributed by atoms with E-state index in [9.17, 15) is 0 Å². The number of nitrogens with one attached hydrogen (secondary N) is 1. The molecule has 1 aliphatic rings. The van der Waals surface area contributed by atoms with Gasteiger partial charge in [0.25, 0.3) is 0 Å². The summed E-state index contributed by atoms with van der Waals surface area (Å²) in [6.07, 6.45) is 4.66. The van der Waals surface area contributed by atoms with Crippen molar-refractivity contribution in [2.24, 2.45) is 0 Å². The molecule has 0 bridgehead atoms. The maximum absolute atomic E-state index is 5.10. The standard InChI is InChI=1S/C16H27N7O2/c1-22-9-5-4-7-12(22)11-23(2)16-15(17-8-6-10-24-3)18-13-14(19-16)21-25-20-13/h12H,4-11H2,1-3H3,(H,17,18,20). The summed E-state index contributed by atoms with van der Waals surface area (Å²) in [5.74, 6) is 1.49. The molecule has 0 aliphatic carbocycles. The van der Waals surface area contributed by atoms with E-state index in [1.807, 2.05) is 7.05 Å². The van der Waals surface area contributed by atoms with Crippen molar-refractivity contribution in [1.29, 1.82) is 0 Å². The molecule has 2 aromatic heterocycles. The number of likely N-dealkylation sites (tertiary alicyclic amines) is 1. The highest BCUT2D eigenvalue weighted by atomic mass is 16.6. The molecular weight excluding hydrogens is 322 g/mol. The van der Waals surface area contributed by atoms with Crippen LogP contribution in [0.1, 0.15) is 25.7 Å². The number of anilines is 2. The third-order valence-electron chi connectivity index (χ3n) is 4.68. The normalized spacial score (nSPS) is 18.6. The molecule has 1 atom stereocenters. The summed E-state index contributed by atoms with van der Waals surface area (Å²) in [5, 5.41) is 11.0. The van der Waals surface area contributed by atoms with Crippen molar-refractivity contribution < 1.29 is 9.37 Å². The number of ether oxygens (including phenoxy) is 1. The van der Waals surface area contributed by atoms with Gasteiger partial charge in [-0.25, -0.2) is 14.6 Å². The van der Waals surface area contributed by atoms with E-state index in [1.54, 1.807) is 7.11 Å². The molecular formula is C16H27N7O2. The first-order chi connectivity index (χ1) is 12.2. The maximum Gasteiger partial charge on any atom is 0.245 e. The van der Waals surface area contributed by atoms with Gasteiger partial charge in [0.15, 0.2) is 11.6 Å². The fourth-order valence-electron chi connectivity index (χ4n) is 3.21. The number of nitrogens with zero attached hydrogens (tertiary/aromatic N) is 6. The molecule has 0 saturated carbocycles. The summed E-state index contributed by atoms with van der Waals surface area (Å²) < 4.78 is 9.86. The number of methoxy groups -OCH3 is 1. The van der Waals surface area contributed by atoms with Crippen LogP contribution in [-0.4, -0.2) is 78.7 Å². The first kappa shape index (κ1) is 17.8. The first-order valence-corrected chi connectivity index (χ1v) is 8.83. The van der Waals surface area contributed by atoms with Crippen LogP contribution in [0.4, 0.5) is 11.6 Å². The van der Waals surface area contributed by atoms with Crippen molar-refractivity contribution in [1.82, 2.24) is 25.2 Å². The SMILES string of the molecule is COCCCNc1nc2nonc2nc1N(C)CC1CCCCN1C. The molecule has 0 spiro atoms. The summed E-state index contributed by atoms with van der Waals surface area (Å²) in [6.45, 7) is 3.50. The molecule has 3 rings (SSSR count). The van der Waals surface area contributed by atoms with E-state index in [0.717, 1.165) is 31.9 Å². The summed E-state index contributed by atoms with van der Waals surface area (Å²) in [7, 11) is 5.94. The minimum absolute atomic E-state index is 0.418. The van der Waals surface area contributed by atoms with E-state index < -0.39 is 0 Å². The Balaban J connectivity index is 1.76. The van der Waals surface area contributed by atoms with Crippen LogP contribution in [0.25, 0.3) is 11.3 Å². The highest BCUT2D eigenvalue weighted by Crippen LogP contribution is 2.25. The predicted octanol–water partition coefficient (Wildman–Crippen LogP) is 1.38. The summed E-state index contributed by atoms with van der Waals surface area (Å²) in [4.78, 5) is 13.7. The Kier molecular flexibility index (Phi) is 5.98. The van der Waals surface area contributed by atoms with Crippen molar-refractivity contribution in [3.63, 3.8) is 0 Å². The minimum atomic E-state index is 0.418. The fraction of sp³-hybridized carbons (Fsp3) is 0.750. The van der Waals surface area contributed by atoms with Crippen molar-refractivity contribution in [3.8, 4) is 0 Å². The zero-order valence-electron chi connectivity index (χ0n) is 15.2. The van der Waals surface area contributed by atoms with Crippen molar-refractivity contribution in [3.05, 3.63) is 0 Å². The molecule has 1 N–H and O–H groups in total. The first-order valence-electron chi connectivity index (χ1n) is 8.83. The van der Waals surface area contributed by atoms with Crippen LogP contribution in [0.2, 0.25) is 0 Å². The largest absolute Gasteiger partial charge is 0.385 e. The van der Waals surface area contributed by atoms with E-state index in [2.05, 4.69) is 42.4 Å². The lowest BCUT2D eigenvalue weighted by molar-refractivity contribution is 0.189. The quantitative estimate of drug-likeness (QED) is 0.709. The Bertz CT molecular complexity index is 678. The second kappa shape index (κ2) is 8.39. The third-order valence-corrected chi connectivity index (χ3v) is 4.68. The molecule has 138 valence electrons. The summed E-state index contributed by atoms with van der Waals surface area (Å²) in [5.41, 5.74) is 0.850. The molecule has 0 aromatic carbocycles. The van der Waals surface area contributed by atoms with Crippen LogP contribution >= 0.6 is 0 Å². The lowest BCUT2D eigenvalue weighted by Gasteiger charge is -2.35. The van der Waals surface area contributed by atoms with Crippen molar-refractivity contribution in [2.75, 3.05) is 57.7 Å². The van der Waals surface area contributed by atoms with Gasteiger partial charge in [-0.05, 0) is 43.2 Å². The van der Waals surface area contributed by atoms with E-state index in [4.69, 9.17) is 9.37 Å². The predicted molar refractivity (Wildman–Crippen MR) is 95.9 cm³/mol. The molecule has 9 heteroatoms. The molecule has 1 fully saturated rings. The summed E-state index contributed by atoms with van der Waals surface area (Å²) >= 11 is 0. The van der Waals surface area contributed by atoms with Crippen molar-refractivity contribution in [2.45, 2.75) is 31.7 Å². The number of aromatic nitrogens is 4. The molecule has 0 radical (unpaired) electrons. The molecule has 9 nitrogen and oxygen atoms in total. The number of likely N-dealkylation sites (N-methyl/N-ethyl adjacent to an activating group) is 2. The van der Waals surface area contributed by atoms with Gasteiger partial charge >= 0.3 is 0 Å². The fourth-order valence-corrected chi connectivity index (χ4v) is 3.21. The lowest BCUT2D eigenvalue weighted by Crippen LogP contribution is -2.44. The molecule has 1 unspecified atom stereocenters. The van der Waals surface area contributed by atoms with Crippen LogP contribution in [0, 0.1) is 0 Å². The van der Waals surface area contributed by atoms with Crippen LogP contribution in [0.5, 0.6) is 0 Å². The Hall–Kier alpha value is -2.00. The zero-order valence-corrected chi connectivity index (χ0v) is 15.2. The van der Waals surface area contributed by atoms with Crippen LogP contribution in [0.15, 0.2) is 4.63 Å². The average Bonchev–Trinajstić information content (AvgIpc) is 3.07. The molecule has 1 aliphatic heterocycles. The van der Waals surface area contributed by atoms with Crippen LogP contribution in [0.3, 0.4) is 0 Å². The Morgan fingerprint density at radius 1 is 1.28 bits per heavy atom. The molecule has 2 aromatic rings. The lowest BCUT2D eigenvalue weighted by atomic mass is 10.0. The Labute approximate surface area is 147 Å². The maximum atomic E-state index is 5.10. The molecule has 1 saturated heterocycles. The van der Waals surface area contributed by atoms with Gasteiger partial charge in [0.2, 0.25) is 11.3 Å². The number of rotatable bonds is 8. The van der Waals surface area contributed by atoms with Gasteiger partial charge in [-0.2, -0.15) is 0 Å². The molecule has 25 heavy (non-hydrogen) atoms. The zero-order chi connectivity index (χ0) is 17.6. The highest BCUT2D eigenvalue weighted by molar-refractivity contribution is 5.73. The van der Waals surface area contributed by atoms with Gasteiger partial charge in [0.1, 0.15) is 0 Å². The van der Waals surface area contributed by atoms with Gasteiger partial charge in [0.05, 0.1) is 0 Å². The van der Waals surface area contributed by atoms with Gasteiger partial charge < -0.3 is 19.9 Å². The van der Waals surface area contributed by atoms with Gasteiger partial charge in [-0.3, -0.25) is 0 Å². The minimum Gasteiger partial charge on any atom is -0.385 e. The Morgan fingerprint density at radius 2 is 2.08 bits per heavy atom. The number of fused-ring (bicyclic) bond motifs is 1. The second-order valence-corrected chi connectivity index (χ2v) is 6.59. The average molecular weight is 349 g/mol. The van der Waals surface area contributed by atoms with Crippen LogP contribution in [-0.2, 0) is 4.74 Å². The van der Waals surface area contributed by atoms with E-state index in [0.29, 0.717) is 29.8 Å². The van der Waals surface area contributed by atoms with E-state index >= 15 is 0 Å².